The molecule has 0 spiro atoms. The molecule has 0 aliphatic carbocycles. The van der Waals surface area contributed by atoms with E-state index in [0.29, 0.717) is 19.8 Å². The summed E-state index contributed by atoms with van der Waals surface area (Å²) in [7, 11) is 1.39. The molecule has 1 heterocycles. The fourth-order valence-corrected chi connectivity index (χ4v) is 3.33. The first-order chi connectivity index (χ1) is 9.67. The average Bonchev–Trinajstić information content (AvgIpc) is 2.48. The summed E-state index contributed by atoms with van der Waals surface area (Å²) in [6.07, 6.45) is 0. The Morgan fingerprint density at radius 1 is 1.05 bits per heavy atom. The highest BCUT2D eigenvalue weighted by Crippen LogP contribution is 2.28. The standard InChI is InChI=1S/C13H20O6Si/c1-14-20(15-2,16-3)19-13(9-17-10-13)11-18-12-7-5-4-6-8-12/h4-8H,9-11H2,1-3H3. The monoisotopic (exact) mass is 300 g/mol. The molecule has 0 amide bonds. The smallest absolute Gasteiger partial charge is 0.490 e. The van der Waals surface area contributed by atoms with Crippen molar-refractivity contribution in [2.24, 2.45) is 0 Å². The van der Waals surface area contributed by atoms with Crippen molar-refractivity contribution < 1.29 is 27.2 Å². The van der Waals surface area contributed by atoms with E-state index in [-0.39, 0.29) is 0 Å². The van der Waals surface area contributed by atoms with E-state index in [1.54, 1.807) is 0 Å². The number of hydrogen-bond donors (Lipinski definition) is 0. The van der Waals surface area contributed by atoms with Crippen molar-refractivity contribution in [3.63, 3.8) is 0 Å². The van der Waals surface area contributed by atoms with Gasteiger partial charge in [0.2, 0.25) is 0 Å². The summed E-state index contributed by atoms with van der Waals surface area (Å²) in [5.74, 6) is 0.780. The Bertz CT molecular complexity index is 396. The Balaban J connectivity index is 1.99. The Kier molecular flexibility index (Phi) is 5.14. The van der Waals surface area contributed by atoms with Gasteiger partial charge in [0, 0.05) is 21.3 Å². The minimum absolute atomic E-state index is 0.349. The zero-order chi connectivity index (χ0) is 14.5. The molecule has 1 aromatic carbocycles. The molecule has 2 rings (SSSR count). The van der Waals surface area contributed by atoms with Gasteiger partial charge in [-0.3, -0.25) is 0 Å². The zero-order valence-corrected chi connectivity index (χ0v) is 13.0. The van der Waals surface area contributed by atoms with Crippen LogP contribution in [0.15, 0.2) is 30.3 Å². The van der Waals surface area contributed by atoms with Crippen LogP contribution in [0, 0.1) is 0 Å². The predicted molar refractivity (Wildman–Crippen MR) is 73.4 cm³/mol. The highest BCUT2D eigenvalue weighted by molar-refractivity contribution is 6.53. The van der Waals surface area contributed by atoms with Crippen LogP contribution in [0.25, 0.3) is 0 Å². The van der Waals surface area contributed by atoms with Gasteiger partial charge in [0.1, 0.15) is 18.0 Å². The number of para-hydroxylation sites is 1. The van der Waals surface area contributed by atoms with Crippen molar-refractivity contribution in [1.29, 1.82) is 0 Å². The van der Waals surface area contributed by atoms with Gasteiger partial charge in [-0.25, -0.2) is 0 Å². The first kappa shape index (κ1) is 15.4. The minimum Gasteiger partial charge on any atom is -0.490 e. The molecular weight excluding hydrogens is 280 g/mol. The molecule has 1 aliphatic rings. The van der Waals surface area contributed by atoms with Crippen LogP contribution in [-0.4, -0.2) is 55.8 Å². The molecule has 1 aliphatic heterocycles. The second-order valence-electron chi connectivity index (χ2n) is 4.49. The molecule has 1 saturated heterocycles. The molecule has 1 fully saturated rings. The molecule has 0 atom stereocenters. The number of rotatable bonds is 8. The summed E-state index contributed by atoms with van der Waals surface area (Å²) in [6.45, 7) is 1.19. The van der Waals surface area contributed by atoms with Gasteiger partial charge in [0.25, 0.3) is 0 Å². The van der Waals surface area contributed by atoms with Crippen molar-refractivity contribution in [2.75, 3.05) is 41.2 Å². The molecule has 0 unspecified atom stereocenters. The third-order valence-corrected chi connectivity index (χ3v) is 5.25. The van der Waals surface area contributed by atoms with E-state index < -0.39 is 14.6 Å². The van der Waals surface area contributed by atoms with E-state index in [2.05, 4.69) is 0 Å². The first-order valence-electron chi connectivity index (χ1n) is 6.29. The molecule has 0 bridgehead atoms. The van der Waals surface area contributed by atoms with Gasteiger partial charge < -0.3 is 27.2 Å². The average molecular weight is 300 g/mol. The number of hydrogen-bond acceptors (Lipinski definition) is 6. The summed E-state index contributed by atoms with van der Waals surface area (Å²) in [5.41, 5.74) is -0.593. The van der Waals surface area contributed by atoms with E-state index in [1.165, 1.54) is 21.3 Å². The van der Waals surface area contributed by atoms with Gasteiger partial charge in [-0.05, 0) is 12.1 Å². The molecule has 0 aromatic heterocycles. The second-order valence-corrected chi connectivity index (χ2v) is 6.92. The van der Waals surface area contributed by atoms with Crippen LogP contribution in [0.4, 0.5) is 0 Å². The molecule has 0 saturated carbocycles. The van der Waals surface area contributed by atoms with E-state index in [0.717, 1.165) is 5.75 Å². The maximum Gasteiger partial charge on any atom is 0.679 e. The Morgan fingerprint density at radius 2 is 1.65 bits per heavy atom. The van der Waals surface area contributed by atoms with Crippen molar-refractivity contribution >= 4 is 9.05 Å². The normalized spacial score (nSPS) is 17.6. The third kappa shape index (κ3) is 3.37. The van der Waals surface area contributed by atoms with Crippen LogP contribution in [0.1, 0.15) is 0 Å². The maximum atomic E-state index is 5.95. The van der Waals surface area contributed by atoms with Crippen molar-refractivity contribution in [1.82, 2.24) is 0 Å². The molecule has 7 heteroatoms. The fraction of sp³-hybridized carbons (Fsp3) is 0.538. The molecule has 112 valence electrons. The van der Waals surface area contributed by atoms with Crippen molar-refractivity contribution in [2.45, 2.75) is 5.60 Å². The van der Waals surface area contributed by atoms with Gasteiger partial charge >= 0.3 is 9.05 Å². The Labute approximate surface area is 120 Å². The molecule has 0 radical (unpaired) electrons. The first-order valence-corrected chi connectivity index (χ1v) is 7.92. The fourth-order valence-electron chi connectivity index (χ4n) is 1.87. The highest BCUT2D eigenvalue weighted by atomic mass is 28.4. The largest absolute Gasteiger partial charge is 0.679 e. The Morgan fingerprint density at radius 3 is 2.10 bits per heavy atom. The van der Waals surface area contributed by atoms with Gasteiger partial charge in [-0.2, -0.15) is 0 Å². The van der Waals surface area contributed by atoms with Gasteiger partial charge in [0.15, 0.2) is 0 Å². The SMILES string of the molecule is CO[Si](OC)(OC)OC1(COc2ccccc2)COC1. The molecule has 6 nitrogen and oxygen atoms in total. The summed E-state index contributed by atoms with van der Waals surface area (Å²) >= 11 is 0. The lowest BCUT2D eigenvalue weighted by Crippen LogP contribution is -2.64. The van der Waals surface area contributed by atoms with Crippen LogP contribution < -0.4 is 4.74 Å². The van der Waals surface area contributed by atoms with Crippen LogP contribution in [0.3, 0.4) is 0 Å². The van der Waals surface area contributed by atoms with Crippen molar-refractivity contribution in [3.05, 3.63) is 30.3 Å². The molecule has 20 heavy (non-hydrogen) atoms. The van der Waals surface area contributed by atoms with Gasteiger partial charge in [-0.1, -0.05) is 18.2 Å². The van der Waals surface area contributed by atoms with Crippen molar-refractivity contribution in [3.8, 4) is 5.75 Å². The topological polar surface area (TPSA) is 55.4 Å². The maximum absolute atomic E-state index is 5.95. The van der Waals surface area contributed by atoms with E-state index >= 15 is 0 Å². The van der Waals surface area contributed by atoms with Crippen LogP contribution in [-0.2, 0) is 22.4 Å². The number of benzene rings is 1. The zero-order valence-electron chi connectivity index (χ0n) is 12.0. The van der Waals surface area contributed by atoms with E-state index in [4.69, 9.17) is 27.2 Å². The number of ether oxygens (including phenoxy) is 2. The third-order valence-electron chi connectivity index (χ3n) is 3.07. The quantitative estimate of drug-likeness (QED) is 0.673. The lowest BCUT2D eigenvalue weighted by atomic mass is 10.0. The highest BCUT2D eigenvalue weighted by Gasteiger charge is 2.54. The summed E-state index contributed by atoms with van der Waals surface area (Å²) < 4.78 is 32.8. The molecule has 0 N–H and O–H groups in total. The van der Waals surface area contributed by atoms with Gasteiger partial charge in [0.05, 0.1) is 13.2 Å². The molecular formula is C13H20O6Si. The van der Waals surface area contributed by atoms with Crippen LogP contribution >= 0.6 is 0 Å². The van der Waals surface area contributed by atoms with E-state index in [9.17, 15) is 0 Å². The lowest BCUT2D eigenvalue weighted by Gasteiger charge is -2.43. The Hall–Kier alpha value is -0.963. The van der Waals surface area contributed by atoms with Gasteiger partial charge in [-0.15, -0.1) is 0 Å². The summed E-state index contributed by atoms with van der Waals surface area (Å²) in [4.78, 5) is 0. The lowest BCUT2D eigenvalue weighted by molar-refractivity contribution is -0.211. The van der Waals surface area contributed by atoms with Crippen LogP contribution in [0.2, 0.25) is 0 Å². The summed E-state index contributed by atoms with van der Waals surface area (Å²) in [6, 6.07) is 9.54. The minimum atomic E-state index is -3.12. The van der Waals surface area contributed by atoms with E-state index in [1.807, 2.05) is 30.3 Å². The van der Waals surface area contributed by atoms with Crippen LogP contribution in [0.5, 0.6) is 5.75 Å². The second kappa shape index (κ2) is 6.66. The summed E-state index contributed by atoms with van der Waals surface area (Å²) in [5, 5.41) is 0. The predicted octanol–water partition coefficient (Wildman–Crippen LogP) is 1.23. The molecule has 1 aromatic rings.